The van der Waals surface area contributed by atoms with E-state index in [1.165, 1.54) is 50.1 Å². The minimum atomic E-state index is -1.92. The van der Waals surface area contributed by atoms with Crippen LogP contribution in [0, 0.1) is 0 Å². The average molecular weight is 811 g/mol. The number of hydrogen-bond donors (Lipinski definition) is 0. The molecule has 0 N–H and O–H groups in total. The highest BCUT2D eigenvalue weighted by Gasteiger charge is 2.45. The summed E-state index contributed by atoms with van der Waals surface area (Å²) < 4.78 is 21.8. The van der Waals surface area contributed by atoms with Crippen molar-refractivity contribution >= 4 is 8.60 Å². The van der Waals surface area contributed by atoms with E-state index in [9.17, 15) is 0 Å². The van der Waals surface area contributed by atoms with Crippen LogP contribution in [0.1, 0.15) is 96.0 Å². The van der Waals surface area contributed by atoms with Crippen molar-refractivity contribution in [3.05, 3.63) is 237 Å². The molecule has 0 saturated carbocycles. The molecule has 2 aliphatic carbocycles. The molecule has 0 bridgehead atoms. The largest absolute Gasteiger partial charge is 0.430 e. The lowest BCUT2D eigenvalue weighted by molar-refractivity contribution is 0.144. The van der Waals surface area contributed by atoms with E-state index in [0.29, 0.717) is 6.61 Å². The quantitative estimate of drug-likeness (QED) is 0.124. The molecule has 4 heteroatoms. The number of rotatable bonds is 11. The highest BCUT2D eigenvalue weighted by molar-refractivity contribution is 7.41. The van der Waals surface area contributed by atoms with Gasteiger partial charge in [0, 0.05) is 27.2 Å². The van der Waals surface area contributed by atoms with E-state index < -0.39 is 25.5 Å². The minimum Gasteiger partial charge on any atom is -0.430 e. The van der Waals surface area contributed by atoms with Crippen LogP contribution in [0.4, 0.5) is 0 Å². The lowest BCUT2D eigenvalue weighted by Crippen LogP contribution is -2.37. The molecular formula is C56H59O3P. The van der Waals surface area contributed by atoms with Crippen LogP contribution >= 0.6 is 8.60 Å². The zero-order valence-corrected chi connectivity index (χ0v) is 37.4. The molecule has 0 radical (unpaired) electrons. The van der Waals surface area contributed by atoms with Crippen molar-refractivity contribution in [1.82, 2.24) is 0 Å². The zero-order chi connectivity index (χ0) is 42.1. The molecule has 3 nitrogen and oxygen atoms in total. The second kappa shape index (κ2) is 16.8. The predicted molar refractivity (Wildman–Crippen MR) is 250 cm³/mol. The summed E-state index contributed by atoms with van der Waals surface area (Å²) in [6.45, 7) is 19.1. The molecule has 1 aliphatic heterocycles. The molecule has 0 spiro atoms. The number of allylic oxidation sites excluding steroid dienone is 7. The van der Waals surface area contributed by atoms with E-state index in [1.807, 2.05) is 6.07 Å². The van der Waals surface area contributed by atoms with E-state index in [1.54, 1.807) is 0 Å². The van der Waals surface area contributed by atoms with Crippen LogP contribution in [0.5, 0.6) is 0 Å². The standard InChI is InChI=1S/C56H59O3P/c1-53(2,41-26-16-10-17-27-41)45-34-35-47-48-37-46(54(3,4)42-28-18-11-19-29-42)38-50(55(5,6)43-30-20-12-21-31-43)51(48)58-60(57-39-40-24-14-9-15-25-40)59-52(49(47)36-45)56(7,8)44-32-22-13-23-33-44/h9-33,36-38,51H,34-35,39H2,1-8H3/b48-47-,52-49?. The molecule has 0 saturated heterocycles. The van der Waals surface area contributed by atoms with Gasteiger partial charge in [0.15, 0.2) is 0 Å². The maximum atomic E-state index is 7.47. The van der Waals surface area contributed by atoms with E-state index in [2.05, 4.69) is 219 Å². The van der Waals surface area contributed by atoms with Crippen LogP contribution in [0.25, 0.3) is 0 Å². The fourth-order valence-electron chi connectivity index (χ4n) is 9.16. The SMILES string of the molecule is CC(C)(C1=C/C2=C3\CCC(C(C)(C)c4ccccc4)=CC3=C(C(C)(C)c3ccccc3)OP(OCc3ccccc3)OC2C(C(C)(C)c2ccccc2)=C1)c1ccccc1. The molecule has 5 aromatic carbocycles. The first kappa shape index (κ1) is 41.7. The average Bonchev–Trinajstić information content (AvgIpc) is 3.27. The van der Waals surface area contributed by atoms with Crippen LogP contribution in [0.2, 0.25) is 0 Å². The Hall–Kier alpha value is -5.05. The molecule has 306 valence electrons. The van der Waals surface area contributed by atoms with Gasteiger partial charge in [0.05, 0.1) is 6.61 Å². The summed E-state index contributed by atoms with van der Waals surface area (Å²) in [5, 5.41) is 0. The second-order valence-corrected chi connectivity index (χ2v) is 19.7. The van der Waals surface area contributed by atoms with Crippen LogP contribution in [-0.4, -0.2) is 6.10 Å². The first-order chi connectivity index (χ1) is 28.8. The molecule has 5 aromatic rings. The fourth-order valence-corrected chi connectivity index (χ4v) is 10.4. The summed E-state index contributed by atoms with van der Waals surface area (Å²) in [7, 11) is -1.92. The number of benzene rings is 5. The molecule has 8 rings (SSSR count). The third-order valence-corrected chi connectivity index (χ3v) is 14.5. The van der Waals surface area contributed by atoms with Crippen LogP contribution < -0.4 is 0 Å². The first-order valence-corrected chi connectivity index (χ1v) is 22.5. The Kier molecular flexibility index (Phi) is 11.7. The highest BCUT2D eigenvalue weighted by Crippen LogP contribution is 2.58. The van der Waals surface area contributed by atoms with Crippen LogP contribution in [0.15, 0.2) is 209 Å². The van der Waals surface area contributed by atoms with Crippen molar-refractivity contribution in [2.24, 2.45) is 0 Å². The van der Waals surface area contributed by atoms with E-state index in [0.717, 1.165) is 29.7 Å². The normalized spacial score (nSPS) is 20.1. The maximum Gasteiger partial charge on any atom is 0.398 e. The summed E-state index contributed by atoms with van der Waals surface area (Å²) in [4.78, 5) is 0. The zero-order valence-electron chi connectivity index (χ0n) is 36.5. The summed E-state index contributed by atoms with van der Waals surface area (Å²) in [6.07, 6.45) is 8.72. The lowest BCUT2D eigenvalue weighted by Gasteiger charge is -2.44. The summed E-state index contributed by atoms with van der Waals surface area (Å²) >= 11 is 0. The smallest absolute Gasteiger partial charge is 0.398 e. The Morgan fingerprint density at radius 3 is 1.52 bits per heavy atom. The maximum absolute atomic E-state index is 7.47. The van der Waals surface area contributed by atoms with Crippen molar-refractivity contribution in [2.75, 3.05) is 0 Å². The number of fused-ring (bicyclic) bond motifs is 2. The topological polar surface area (TPSA) is 27.7 Å². The van der Waals surface area contributed by atoms with Gasteiger partial charge < -0.3 is 4.52 Å². The molecule has 0 amide bonds. The van der Waals surface area contributed by atoms with Gasteiger partial charge in [0.2, 0.25) is 0 Å². The monoisotopic (exact) mass is 810 g/mol. The predicted octanol–water partition coefficient (Wildman–Crippen LogP) is 14.9. The molecule has 60 heavy (non-hydrogen) atoms. The third-order valence-electron chi connectivity index (χ3n) is 13.4. The van der Waals surface area contributed by atoms with Crippen molar-refractivity contribution < 1.29 is 13.6 Å². The van der Waals surface area contributed by atoms with Gasteiger partial charge in [-0.1, -0.05) is 217 Å². The molecular weight excluding hydrogens is 752 g/mol. The van der Waals surface area contributed by atoms with Gasteiger partial charge in [-0.25, -0.2) is 0 Å². The Bertz CT molecular complexity index is 2450. The van der Waals surface area contributed by atoms with Crippen molar-refractivity contribution in [2.45, 2.75) is 103 Å². The van der Waals surface area contributed by atoms with E-state index in [4.69, 9.17) is 13.6 Å². The third kappa shape index (κ3) is 8.08. The molecule has 3 aliphatic rings. The van der Waals surface area contributed by atoms with Crippen molar-refractivity contribution in [1.29, 1.82) is 0 Å². The Balaban J connectivity index is 1.42. The summed E-state index contributed by atoms with van der Waals surface area (Å²) in [5.74, 6) is 0.880. The molecule has 1 heterocycles. The first-order valence-electron chi connectivity index (χ1n) is 21.4. The summed E-state index contributed by atoms with van der Waals surface area (Å²) in [6, 6.07) is 53.8. The van der Waals surface area contributed by atoms with Crippen molar-refractivity contribution in [3.8, 4) is 0 Å². The fraction of sp³-hybridized carbons (Fsp3) is 0.286. The second-order valence-electron chi connectivity index (χ2n) is 18.6. The highest BCUT2D eigenvalue weighted by atomic mass is 31.2. The van der Waals surface area contributed by atoms with E-state index in [-0.39, 0.29) is 10.8 Å². The lowest BCUT2D eigenvalue weighted by atomic mass is 9.65. The van der Waals surface area contributed by atoms with Gasteiger partial charge in [0.25, 0.3) is 0 Å². The summed E-state index contributed by atoms with van der Waals surface area (Å²) in [5.41, 5.74) is 12.1. The van der Waals surface area contributed by atoms with Gasteiger partial charge >= 0.3 is 8.60 Å². The van der Waals surface area contributed by atoms with Crippen molar-refractivity contribution in [3.63, 3.8) is 0 Å². The van der Waals surface area contributed by atoms with Gasteiger partial charge in [-0.05, 0) is 76.8 Å². The Labute approximate surface area is 360 Å². The van der Waals surface area contributed by atoms with Gasteiger partial charge in [-0.2, -0.15) is 0 Å². The van der Waals surface area contributed by atoms with Gasteiger partial charge in [0.1, 0.15) is 11.9 Å². The van der Waals surface area contributed by atoms with E-state index >= 15 is 0 Å². The Morgan fingerprint density at radius 1 is 0.517 bits per heavy atom. The van der Waals surface area contributed by atoms with Crippen LogP contribution in [-0.2, 0) is 41.8 Å². The minimum absolute atomic E-state index is 0.206. The molecule has 0 aromatic heterocycles. The number of hydrogen-bond acceptors (Lipinski definition) is 3. The Morgan fingerprint density at radius 2 is 0.983 bits per heavy atom. The molecule has 2 unspecified atom stereocenters. The molecule has 0 fully saturated rings. The van der Waals surface area contributed by atoms with Gasteiger partial charge in [-0.15, -0.1) is 0 Å². The molecule has 2 atom stereocenters. The van der Waals surface area contributed by atoms with Gasteiger partial charge in [-0.3, -0.25) is 9.05 Å². The van der Waals surface area contributed by atoms with Crippen LogP contribution in [0.3, 0.4) is 0 Å².